The fraction of sp³-hybridized carbons (Fsp3) is 0.417. The van der Waals surface area contributed by atoms with Gasteiger partial charge in [-0.05, 0) is 24.7 Å². The Labute approximate surface area is 90.1 Å². The zero-order valence-corrected chi connectivity index (χ0v) is 9.54. The number of hydrogen-bond acceptors (Lipinski definition) is 2. The summed E-state index contributed by atoms with van der Waals surface area (Å²) >= 11 is 0. The second-order valence-corrected chi connectivity index (χ2v) is 3.79. The van der Waals surface area contributed by atoms with Crippen LogP contribution in [0.2, 0.25) is 0 Å². The highest BCUT2D eigenvalue weighted by Crippen LogP contribution is 2.16. The molecule has 1 N–H and O–H groups in total. The van der Waals surface area contributed by atoms with Crippen molar-refractivity contribution in [3.8, 4) is 0 Å². The zero-order chi connectivity index (χ0) is 10.8. The summed E-state index contributed by atoms with van der Waals surface area (Å²) in [5, 5.41) is 3.15. The Morgan fingerprint density at radius 2 is 2.20 bits per heavy atom. The van der Waals surface area contributed by atoms with Gasteiger partial charge in [-0.1, -0.05) is 13.0 Å². The summed E-state index contributed by atoms with van der Waals surface area (Å²) in [6.45, 7) is 3.03. The normalized spacial score (nSPS) is 11.1. The van der Waals surface area contributed by atoms with Crippen LogP contribution < -0.4 is 5.32 Å². The summed E-state index contributed by atoms with van der Waals surface area (Å²) in [7, 11) is 4.03. The standard InChI is InChI=1S/C12H17N3/c1-4-12-14-10-7-9(8-13-2)5-6-11(10)15(12)3/h5-7,13H,4,8H2,1-3H3. The molecule has 0 radical (unpaired) electrons. The van der Waals surface area contributed by atoms with Gasteiger partial charge in [0.25, 0.3) is 0 Å². The number of hydrogen-bond donors (Lipinski definition) is 1. The first-order valence-electron chi connectivity index (χ1n) is 5.35. The molecule has 0 unspecified atom stereocenters. The Balaban J connectivity index is 2.53. The Kier molecular flexibility index (Phi) is 2.73. The minimum Gasteiger partial charge on any atom is -0.331 e. The molecule has 0 spiro atoms. The van der Waals surface area contributed by atoms with Crippen LogP contribution in [0.15, 0.2) is 18.2 Å². The number of aryl methyl sites for hydroxylation is 2. The molecule has 0 aliphatic rings. The molecule has 1 aromatic carbocycles. The van der Waals surface area contributed by atoms with Crippen molar-refractivity contribution in [1.29, 1.82) is 0 Å². The molecule has 0 amide bonds. The SMILES string of the molecule is CCc1nc2cc(CNC)ccc2n1C. The highest BCUT2D eigenvalue weighted by molar-refractivity contribution is 5.76. The Bertz CT molecular complexity index is 471. The average Bonchev–Trinajstić information content (AvgIpc) is 2.56. The first-order chi connectivity index (χ1) is 7.26. The van der Waals surface area contributed by atoms with Gasteiger partial charge in [0.1, 0.15) is 5.82 Å². The molecule has 0 fully saturated rings. The molecular formula is C12H17N3. The lowest BCUT2D eigenvalue weighted by Gasteiger charge is -2.00. The molecule has 0 bridgehead atoms. The van der Waals surface area contributed by atoms with Crippen LogP contribution in [0.25, 0.3) is 11.0 Å². The second-order valence-electron chi connectivity index (χ2n) is 3.79. The van der Waals surface area contributed by atoms with E-state index in [0.717, 1.165) is 24.3 Å². The van der Waals surface area contributed by atoms with Crippen LogP contribution in [0.4, 0.5) is 0 Å². The van der Waals surface area contributed by atoms with Crippen LogP contribution in [-0.4, -0.2) is 16.6 Å². The van der Waals surface area contributed by atoms with Crippen molar-refractivity contribution in [3.05, 3.63) is 29.6 Å². The number of benzene rings is 1. The largest absolute Gasteiger partial charge is 0.331 e. The molecule has 1 aromatic heterocycles. The first kappa shape index (κ1) is 10.2. The van der Waals surface area contributed by atoms with Crippen LogP contribution in [0.1, 0.15) is 18.3 Å². The summed E-state index contributed by atoms with van der Waals surface area (Å²) in [5.74, 6) is 1.15. The summed E-state index contributed by atoms with van der Waals surface area (Å²) < 4.78 is 2.17. The van der Waals surface area contributed by atoms with Gasteiger partial charge in [-0.25, -0.2) is 4.98 Å². The maximum absolute atomic E-state index is 4.61. The van der Waals surface area contributed by atoms with Crippen molar-refractivity contribution >= 4 is 11.0 Å². The van der Waals surface area contributed by atoms with E-state index in [2.05, 4.69) is 47.0 Å². The van der Waals surface area contributed by atoms with Crippen molar-refractivity contribution < 1.29 is 0 Å². The molecule has 2 aromatic rings. The topological polar surface area (TPSA) is 29.9 Å². The van der Waals surface area contributed by atoms with E-state index >= 15 is 0 Å². The van der Waals surface area contributed by atoms with Gasteiger partial charge in [-0.15, -0.1) is 0 Å². The van der Waals surface area contributed by atoms with Gasteiger partial charge in [-0.2, -0.15) is 0 Å². The number of nitrogens with one attached hydrogen (secondary N) is 1. The van der Waals surface area contributed by atoms with Gasteiger partial charge in [-0.3, -0.25) is 0 Å². The van der Waals surface area contributed by atoms with E-state index in [1.807, 2.05) is 7.05 Å². The van der Waals surface area contributed by atoms with E-state index in [-0.39, 0.29) is 0 Å². The summed E-state index contributed by atoms with van der Waals surface area (Å²) in [4.78, 5) is 4.61. The van der Waals surface area contributed by atoms with Crippen molar-refractivity contribution in [3.63, 3.8) is 0 Å². The van der Waals surface area contributed by atoms with Gasteiger partial charge < -0.3 is 9.88 Å². The highest BCUT2D eigenvalue weighted by Gasteiger charge is 2.05. The van der Waals surface area contributed by atoms with Gasteiger partial charge in [0, 0.05) is 20.0 Å². The zero-order valence-electron chi connectivity index (χ0n) is 9.54. The third kappa shape index (κ3) is 1.75. The molecule has 0 saturated heterocycles. The molecule has 0 saturated carbocycles. The third-order valence-corrected chi connectivity index (χ3v) is 2.73. The van der Waals surface area contributed by atoms with E-state index < -0.39 is 0 Å². The van der Waals surface area contributed by atoms with Gasteiger partial charge in [0.2, 0.25) is 0 Å². The van der Waals surface area contributed by atoms with E-state index in [1.54, 1.807) is 0 Å². The molecule has 0 aliphatic carbocycles. The minimum absolute atomic E-state index is 0.897. The van der Waals surface area contributed by atoms with Gasteiger partial charge in [0.15, 0.2) is 0 Å². The fourth-order valence-electron chi connectivity index (χ4n) is 1.93. The van der Waals surface area contributed by atoms with Crippen molar-refractivity contribution in [2.24, 2.45) is 7.05 Å². The monoisotopic (exact) mass is 203 g/mol. The minimum atomic E-state index is 0.897. The van der Waals surface area contributed by atoms with Crippen LogP contribution in [0.5, 0.6) is 0 Å². The third-order valence-electron chi connectivity index (χ3n) is 2.73. The highest BCUT2D eigenvalue weighted by atomic mass is 15.1. The Morgan fingerprint density at radius 1 is 1.40 bits per heavy atom. The maximum atomic E-state index is 4.61. The molecule has 2 rings (SSSR count). The number of fused-ring (bicyclic) bond motifs is 1. The lowest BCUT2D eigenvalue weighted by atomic mass is 10.2. The maximum Gasteiger partial charge on any atom is 0.109 e. The molecule has 3 heteroatoms. The lowest BCUT2D eigenvalue weighted by Crippen LogP contribution is -2.04. The smallest absolute Gasteiger partial charge is 0.109 e. The Morgan fingerprint density at radius 3 is 2.87 bits per heavy atom. The summed E-state index contributed by atoms with van der Waals surface area (Å²) in [6.07, 6.45) is 0.979. The van der Waals surface area contributed by atoms with E-state index in [9.17, 15) is 0 Å². The average molecular weight is 203 g/mol. The predicted molar refractivity (Wildman–Crippen MR) is 62.9 cm³/mol. The second kappa shape index (κ2) is 4.03. The van der Waals surface area contributed by atoms with Crippen LogP contribution >= 0.6 is 0 Å². The van der Waals surface area contributed by atoms with Crippen LogP contribution in [-0.2, 0) is 20.0 Å². The van der Waals surface area contributed by atoms with E-state index in [1.165, 1.54) is 11.1 Å². The number of imidazole rings is 1. The lowest BCUT2D eigenvalue weighted by molar-refractivity contribution is 0.818. The molecule has 15 heavy (non-hydrogen) atoms. The van der Waals surface area contributed by atoms with Crippen molar-refractivity contribution in [1.82, 2.24) is 14.9 Å². The predicted octanol–water partition coefficient (Wildman–Crippen LogP) is 1.86. The Hall–Kier alpha value is -1.35. The van der Waals surface area contributed by atoms with Crippen molar-refractivity contribution in [2.75, 3.05) is 7.05 Å². The number of nitrogens with zero attached hydrogens (tertiary/aromatic N) is 2. The summed E-state index contributed by atoms with van der Waals surface area (Å²) in [6, 6.07) is 6.46. The van der Waals surface area contributed by atoms with Crippen LogP contribution in [0, 0.1) is 0 Å². The number of aromatic nitrogens is 2. The quantitative estimate of drug-likeness (QED) is 0.825. The van der Waals surface area contributed by atoms with Gasteiger partial charge >= 0.3 is 0 Å². The fourth-order valence-corrected chi connectivity index (χ4v) is 1.93. The summed E-state index contributed by atoms with van der Waals surface area (Å²) in [5.41, 5.74) is 3.60. The molecule has 0 atom stereocenters. The molecule has 80 valence electrons. The first-order valence-corrected chi connectivity index (χ1v) is 5.35. The van der Waals surface area contributed by atoms with Crippen LogP contribution in [0.3, 0.4) is 0 Å². The van der Waals surface area contributed by atoms with E-state index in [4.69, 9.17) is 0 Å². The van der Waals surface area contributed by atoms with Crippen molar-refractivity contribution in [2.45, 2.75) is 19.9 Å². The molecule has 1 heterocycles. The number of rotatable bonds is 3. The molecular weight excluding hydrogens is 186 g/mol. The molecule has 0 aliphatic heterocycles. The molecule has 3 nitrogen and oxygen atoms in total. The van der Waals surface area contributed by atoms with Gasteiger partial charge in [0.05, 0.1) is 11.0 Å². The van der Waals surface area contributed by atoms with E-state index in [0.29, 0.717) is 0 Å².